The SMILES string of the molecule is CCN(CC(=O)NCc1ccc(Cl)cc1)S(=O)(=O)c1ccc(F)c(F)c1. The number of rotatable bonds is 7. The van der Waals surface area contributed by atoms with Gasteiger partial charge in [0.2, 0.25) is 15.9 Å². The van der Waals surface area contributed by atoms with E-state index in [2.05, 4.69) is 5.32 Å². The molecule has 0 saturated heterocycles. The number of carbonyl (C=O) groups is 1. The highest BCUT2D eigenvalue weighted by Crippen LogP contribution is 2.18. The number of sulfonamides is 1. The van der Waals surface area contributed by atoms with Gasteiger partial charge in [0.1, 0.15) is 0 Å². The molecular formula is C17H17ClF2N2O3S. The fourth-order valence-electron chi connectivity index (χ4n) is 2.17. The van der Waals surface area contributed by atoms with Crippen LogP contribution in [0.2, 0.25) is 5.02 Å². The molecule has 1 amide bonds. The second-order valence-corrected chi connectivity index (χ2v) is 7.78. The van der Waals surface area contributed by atoms with Crippen LogP contribution in [0.25, 0.3) is 0 Å². The van der Waals surface area contributed by atoms with Crippen molar-refractivity contribution in [2.24, 2.45) is 0 Å². The third kappa shape index (κ3) is 5.00. The molecule has 9 heteroatoms. The van der Waals surface area contributed by atoms with Crippen molar-refractivity contribution in [1.82, 2.24) is 9.62 Å². The predicted molar refractivity (Wildman–Crippen MR) is 94.1 cm³/mol. The molecule has 0 bridgehead atoms. The van der Waals surface area contributed by atoms with Crippen LogP contribution in [0.5, 0.6) is 0 Å². The molecule has 0 saturated carbocycles. The summed E-state index contributed by atoms with van der Waals surface area (Å²) in [5.41, 5.74) is 0.800. The first-order valence-electron chi connectivity index (χ1n) is 7.70. The Bertz CT molecular complexity index is 889. The van der Waals surface area contributed by atoms with Crippen LogP contribution < -0.4 is 5.32 Å². The number of nitrogens with one attached hydrogen (secondary N) is 1. The smallest absolute Gasteiger partial charge is 0.243 e. The van der Waals surface area contributed by atoms with Crippen LogP contribution in [0.15, 0.2) is 47.4 Å². The van der Waals surface area contributed by atoms with Gasteiger partial charge in [-0.3, -0.25) is 4.79 Å². The fourth-order valence-corrected chi connectivity index (χ4v) is 3.72. The zero-order valence-electron chi connectivity index (χ0n) is 13.9. The maximum absolute atomic E-state index is 13.3. The van der Waals surface area contributed by atoms with E-state index in [0.29, 0.717) is 11.1 Å². The first kappa shape index (κ1) is 20.3. The molecule has 0 aromatic heterocycles. The highest BCUT2D eigenvalue weighted by molar-refractivity contribution is 7.89. The van der Waals surface area contributed by atoms with Gasteiger partial charge in [0.25, 0.3) is 0 Å². The molecule has 0 atom stereocenters. The molecule has 0 aliphatic heterocycles. The third-order valence-electron chi connectivity index (χ3n) is 3.60. The fraction of sp³-hybridized carbons (Fsp3) is 0.235. The lowest BCUT2D eigenvalue weighted by Crippen LogP contribution is -2.40. The lowest BCUT2D eigenvalue weighted by Gasteiger charge is -2.20. The number of halogens is 3. The van der Waals surface area contributed by atoms with Crippen LogP contribution in [-0.4, -0.2) is 31.7 Å². The summed E-state index contributed by atoms with van der Waals surface area (Å²) >= 11 is 5.78. The molecule has 1 N–H and O–H groups in total. The van der Waals surface area contributed by atoms with Gasteiger partial charge in [0.15, 0.2) is 11.6 Å². The highest BCUT2D eigenvalue weighted by atomic mass is 35.5. The standard InChI is InChI=1S/C17H17ClF2N2O3S/c1-2-22(26(24,25)14-7-8-15(19)16(20)9-14)11-17(23)21-10-12-3-5-13(18)6-4-12/h3-9H,2,10-11H2,1H3,(H,21,23). The van der Waals surface area contributed by atoms with Crippen molar-refractivity contribution >= 4 is 27.5 Å². The molecule has 2 aromatic carbocycles. The Hall–Kier alpha value is -2.03. The summed E-state index contributed by atoms with van der Waals surface area (Å²) in [7, 11) is -4.13. The van der Waals surface area contributed by atoms with Crippen molar-refractivity contribution in [3.63, 3.8) is 0 Å². The maximum Gasteiger partial charge on any atom is 0.243 e. The number of carbonyl (C=O) groups excluding carboxylic acids is 1. The molecule has 0 unspecified atom stereocenters. The summed E-state index contributed by atoms with van der Waals surface area (Å²) in [6, 6.07) is 9.11. The molecular weight excluding hydrogens is 386 g/mol. The molecule has 2 aromatic rings. The van der Waals surface area contributed by atoms with Crippen molar-refractivity contribution in [3.8, 4) is 0 Å². The van der Waals surface area contributed by atoms with E-state index in [1.165, 1.54) is 0 Å². The first-order valence-corrected chi connectivity index (χ1v) is 9.52. The molecule has 0 spiro atoms. The summed E-state index contributed by atoms with van der Waals surface area (Å²) in [5, 5.41) is 3.17. The number of hydrogen-bond acceptors (Lipinski definition) is 3. The van der Waals surface area contributed by atoms with E-state index in [1.807, 2.05) is 0 Å². The Morgan fingerprint density at radius 1 is 1.12 bits per heavy atom. The van der Waals surface area contributed by atoms with E-state index in [1.54, 1.807) is 31.2 Å². The van der Waals surface area contributed by atoms with Gasteiger partial charge in [-0.15, -0.1) is 0 Å². The number of amides is 1. The summed E-state index contributed by atoms with van der Waals surface area (Å²) in [5.74, 6) is -2.94. The van der Waals surface area contributed by atoms with Crippen molar-refractivity contribution in [1.29, 1.82) is 0 Å². The Labute approximate surface area is 155 Å². The van der Waals surface area contributed by atoms with Gasteiger partial charge in [0, 0.05) is 18.1 Å². The van der Waals surface area contributed by atoms with Crippen LogP contribution in [0, 0.1) is 11.6 Å². The molecule has 0 aliphatic rings. The largest absolute Gasteiger partial charge is 0.351 e. The Kier molecular flexibility index (Phi) is 6.69. The van der Waals surface area contributed by atoms with Crippen LogP contribution in [0.3, 0.4) is 0 Å². The molecule has 0 radical (unpaired) electrons. The van der Waals surface area contributed by atoms with Crippen LogP contribution in [0.4, 0.5) is 8.78 Å². The summed E-state index contributed by atoms with van der Waals surface area (Å²) in [4.78, 5) is 11.7. The summed E-state index contributed by atoms with van der Waals surface area (Å²) in [6.45, 7) is 1.31. The minimum Gasteiger partial charge on any atom is -0.351 e. The molecule has 5 nitrogen and oxygen atoms in total. The van der Waals surface area contributed by atoms with Gasteiger partial charge in [-0.05, 0) is 35.9 Å². The van der Waals surface area contributed by atoms with E-state index < -0.39 is 39.0 Å². The van der Waals surface area contributed by atoms with Crippen molar-refractivity contribution in [3.05, 3.63) is 64.7 Å². The summed E-state index contributed by atoms with van der Waals surface area (Å²) < 4.78 is 52.3. The van der Waals surface area contributed by atoms with Crippen LogP contribution in [-0.2, 0) is 21.4 Å². The Morgan fingerprint density at radius 2 is 1.77 bits per heavy atom. The van der Waals surface area contributed by atoms with Gasteiger partial charge < -0.3 is 5.32 Å². The van der Waals surface area contributed by atoms with E-state index in [9.17, 15) is 22.0 Å². The quantitative estimate of drug-likeness (QED) is 0.774. The van der Waals surface area contributed by atoms with E-state index in [-0.39, 0.29) is 13.1 Å². The topological polar surface area (TPSA) is 66.5 Å². The summed E-state index contributed by atoms with van der Waals surface area (Å²) in [6.07, 6.45) is 0. The van der Waals surface area contributed by atoms with Crippen LogP contribution >= 0.6 is 11.6 Å². The minimum atomic E-state index is -4.13. The first-order chi connectivity index (χ1) is 12.2. The Balaban J connectivity index is 2.05. The van der Waals surface area contributed by atoms with Crippen molar-refractivity contribution in [2.75, 3.05) is 13.1 Å². The van der Waals surface area contributed by atoms with Crippen molar-refractivity contribution < 1.29 is 22.0 Å². The van der Waals surface area contributed by atoms with Gasteiger partial charge in [-0.2, -0.15) is 4.31 Å². The zero-order chi connectivity index (χ0) is 19.3. The van der Waals surface area contributed by atoms with Gasteiger partial charge >= 0.3 is 0 Å². The second-order valence-electron chi connectivity index (χ2n) is 5.41. The average Bonchev–Trinajstić information content (AvgIpc) is 2.61. The van der Waals surface area contributed by atoms with Crippen molar-refractivity contribution in [2.45, 2.75) is 18.4 Å². The van der Waals surface area contributed by atoms with Crippen LogP contribution in [0.1, 0.15) is 12.5 Å². The lowest BCUT2D eigenvalue weighted by molar-refractivity contribution is -0.121. The molecule has 2 rings (SSSR count). The highest BCUT2D eigenvalue weighted by Gasteiger charge is 2.26. The maximum atomic E-state index is 13.3. The second kappa shape index (κ2) is 8.57. The Morgan fingerprint density at radius 3 is 2.35 bits per heavy atom. The number of benzene rings is 2. The molecule has 26 heavy (non-hydrogen) atoms. The normalized spacial score (nSPS) is 11.6. The van der Waals surface area contributed by atoms with E-state index >= 15 is 0 Å². The molecule has 0 aliphatic carbocycles. The molecule has 0 heterocycles. The monoisotopic (exact) mass is 402 g/mol. The average molecular weight is 403 g/mol. The van der Waals surface area contributed by atoms with Gasteiger partial charge in [-0.1, -0.05) is 30.7 Å². The number of hydrogen-bond donors (Lipinski definition) is 1. The zero-order valence-corrected chi connectivity index (χ0v) is 15.4. The lowest BCUT2D eigenvalue weighted by atomic mass is 10.2. The number of nitrogens with zero attached hydrogens (tertiary/aromatic N) is 1. The third-order valence-corrected chi connectivity index (χ3v) is 5.77. The van der Waals surface area contributed by atoms with Gasteiger partial charge in [0.05, 0.1) is 11.4 Å². The predicted octanol–water partition coefficient (Wildman–Crippen LogP) is 2.95. The molecule has 140 valence electrons. The van der Waals surface area contributed by atoms with E-state index in [0.717, 1.165) is 22.0 Å². The van der Waals surface area contributed by atoms with E-state index in [4.69, 9.17) is 11.6 Å². The molecule has 0 fully saturated rings. The van der Waals surface area contributed by atoms with Gasteiger partial charge in [-0.25, -0.2) is 17.2 Å². The minimum absolute atomic E-state index is 0.00427. The number of likely N-dealkylation sites (N-methyl/N-ethyl adjacent to an activating group) is 1.